The maximum absolute atomic E-state index is 10.0. The van der Waals surface area contributed by atoms with Crippen LogP contribution in [-0.4, -0.2) is 15.9 Å². The molecule has 1 aliphatic carbocycles. The molecule has 0 aliphatic heterocycles. The summed E-state index contributed by atoms with van der Waals surface area (Å²) >= 11 is 0. The van der Waals surface area contributed by atoms with E-state index < -0.39 is 0 Å². The summed E-state index contributed by atoms with van der Waals surface area (Å²) in [5, 5.41) is 11.0. The molecule has 4 rings (SSSR count). The Morgan fingerprint density at radius 2 is 1.69 bits per heavy atom. The van der Waals surface area contributed by atoms with Gasteiger partial charge in [-0.15, -0.1) is 34.9 Å². The summed E-state index contributed by atoms with van der Waals surface area (Å²) < 4.78 is 0. The minimum Gasteiger partial charge on any atom is -0.512 e. The SMILES string of the molecule is CC(=O)/C=C(/C)O.Cc1[c-]c(-c2nccc3c(C)c(C(C)C4CCCCCC4)ccc23)cc(C)c1.[Ir]. The van der Waals surface area contributed by atoms with Crippen LogP contribution in [0.4, 0.5) is 0 Å². The molecule has 195 valence electrons. The molecule has 0 spiro atoms. The van der Waals surface area contributed by atoms with Crippen LogP contribution in [0.15, 0.2) is 48.4 Å². The summed E-state index contributed by atoms with van der Waals surface area (Å²) in [4.78, 5) is 14.8. The van der Waals surface area contributed by atoms with Crippen LogP contribution in [0.25, 0.3) is 22.0 Å². The Morgan fingerprint density at radius 3 is 2.25 bits per heavy atom. The monoisotopic (exact) mass is 663 g/mol. The fraction of sp³-hybridized carbons (Fsp3) is 0.438. The Labute approximate surface area is 230 Å². The van der Waals surface area contributed by atoms with Gasteiger partial charge in [-0.1, -0.05) is 58.6 Å². The van der Waals surface area contributed by atoms with Crippen molar-refractivity contribution in [1.29, 1.82) is 0 Å². The van der Waals surface area contributed by atoms with Crippen molar-refractivity contribution in [2.45, 2.75) is 86.0 Å². The zero-order valence-electron chi connectivity index (χ0n) is 22.6. The summed E-state index contributed by atoms with van der Waals surface area (Å²) in [5.41, 5.74) is 7.56. The van der Waals surface area contributed by atoms with Crippen LogP contribution in [0.5, 0.6) is 0 Å². The maximum atomic E-state index is 10.0. The van der Waals surface area contributed by atoms with Crippen molar-refractivity contribution in [1.82, 2.24) is 4.98 Å². The van der Waals surface area contributed by atoms with Crippen LogP contribution in [0.1, 0.15) is 87.5 Å². The van der Waals surface area contributed by atoms with Gasteiger partial charge in [0.25, 0.3) is 0 Å². The third-order valence-corrected chi connectivity index (χ3v) is 7.17. The molecule has 1 N–H and O–H groups in total. The molecule has 1 aliphatic rings. The average molecular weight is 663 g/mol. The molecule has 1 atom stereocenters. The predicted molar refractivity (Wildman–Crippen MR) is 147 cm³/mol. The molecule has 3 nitrogen and oxygen atoms in total. The molecule has 1 unspecified atom stereocenters. The number of aromatic nitrogens is 1. The van der Waals surface area contributed by atoms with Crippen LogP contribution in [-0.2, 0) is 24.9 Å². The zero-order valence-corrected chi connectivity index (χ0v) is 25.0. The van der Waals surface area contributed by atoms with Gasteiger partial charge in [0.1, 0.15) is 0 Å². The quantitative estimate of drug-likeness (QED) is 0.132. The van der Waals surface area contributed by atoms with Crippen molar-refractivity contribution in [2.24, 2.45) is 5.92 Å². The number of rotatable bonds is 4. The number of aliphatic hydroxyl groups excluding tert-OH is 1. The number of benzene rings is 2. The van der Waals surface area contributed by atoms with Gasteiger partial charge in [-0.25, -0.2) is 0 Å². The molecule has 1 aromatic heterocycles. The van der Waals surface area contributed by atoms with Gasteiger partial charge in [0.2, 0.25) is 0 Å². The molecule has 36 heavy (non-hydrogen) atoms. The van der Waals surface area contributed by atoms with Crippen molar-refractivity contribution in [3.63, 3.8) is 0 Å². The van der Waals surface area contributed by atoms with Gasteiger partial charge < -0.3 is 10.1 Å². The zero-order chi connectivity index (χ0) is 25.5. The van der Waals surface area contributed by atoms with Crippen molar-refractivity contribution >= 4 is 16.6 Å². The average Bonchev–Trinajstić information content (AvgIpc) is 3.07. The first-order chi connectivity index (χ1) is 16.7. The number of pyridine rings is 1. The number of aryl methyl sites for hydroxylation is 3. The van der Waals surface area contributed by atoms with E-state index in [2.05, 4.69) is 64.1 Å². The molecule has 1 fully saturated rings. The Hall–Kier alpha value is -2.29. The Kier molecular flexibility index (Phi) is 11.5. The van der Waals surface area contributed by atoms with Crippen LogP contribution in [0, 0.1) is 32.8 Å². The molecule has 0 saturated heterocycles. The second kappa shape index (κ2) is 13.9. The Morgan fingerprint density at radius 1 is 1.03 bits per heavy atom. The van der Waals surface area contributed by atoms with E-state index in [0.29, 0.717) is 5.92 Å². The van der Waals surface area contributed by atoms with E-state index in [4.69, 9.17) is 10.1 Å². The topological polar surface area (TPSA) is 50.2 Å². The fourth-order valence-corrected chi connectivity index (χ4v) is 5.51. The van der Waals surface area contributed by atoms with Crippen LogP contribution in [0.3, 0.4) is 0 Å². The molecule has 4 heteroatoms. The van der Waals surface area contributed by atoms with Gasteiger partial charge in [0.15, 0.2) is 5.78 Å². The molecule has 0 amide bonds. The van der Waals surface area contributed by atoms with Crippen LogP contribution < -0.4 is 0 Å². The first kappa shape index (κ1) is 29.9. The number of carbonyl (C=O) groups is 1. The first-order valence-electron chi connectivity index (χ1n) is 12.9. The third kappa shape index (κ3) is 7.85. The van der Waals surface area contributed by atoms with E-state index in [9.17, 15) is 4.79 Å². The van der Waals surface area contributed by atoms with E-state index in [-0.39, 0.29) is 31.6 Å². The smallest absolute Gasteiger partial charge is 0.155 e. The van der Waals surface area contributed by atoms with E-state index in [0.717, 1.165) is 17.2 Å². The van der Waals surface area contributed by atoms with E-state index >= 15 is 0 Å². The van der Waals surface area contributed by atoms with Crippen molar-refractivity contribution in [3.05, 3.63) is 76.7 Å². The van der Waals surface area contributed by atoms with Gasteiger partial charge in [0, 0.05) is 32.4 Å². The molecular formula is C32H40IrNO2-. The first-order valence-corrected chi connectivity index (χ1v) is 12.9. The van der Waals surface area contributed by atoms with Gasteiger partial charge in [0.05, 0.1) is 5.76 Å². The number of fused-ring (bicyclic) bond motifs is 1. The second-order valence-corrected chi connectivity index (χ2v) is 10.2. The second-order valence-electron chi connectivity index (χ2n) is 10.2. The Balaban J connectivity index is 0.000000503. The number of ketones is 1. The fourth-order valence-electron chi connectivity index (χ4n) is 5.51. The minimum absolute atomic E-state index is 0. The van der Waals surface area contributed by atoms with E-state index in [1.807, 2.05) is 6.20 Å². The number of hydrogen-bond donors (Lipinski definition) is 1. The summed E-state index contributed by atoms with van der Waals surface area (Å²) in [6.07, 6.45) is 11.5. The molecule has 1 heterocycles. The van der Waals surface area contributed by atoms with Gasteiger partial charge >= 0.3 is 0 Å². The van der Waals surface area contributed by atoms with E-state index in [1.54, 1.807) is 0 Å². The van der Waals surface area contributed by atoms with Gasteiger partial charge in [-0.05, 0) is 79.1 Å². The van der Waals surface area contributed by atoms with Crippen molar-refractivity contribution < 1.29 is 30.0 Å². The third-order valence-electron chi connectivity index (χ3n) is 7.17. The summed E-state index contributed by atoms with van der Waals surface area (Å²) in [6.45, 7) is 11.9. The number of allylic oxidation sites excluding steroid dienone is 2. The number of aliphatic hydroxyl groups is 1. The summed E-state index contributed by atoms with van der Waals surface area (Å²) in [7, 11) is 0. The standard InChI is InChI=1S/C27H32N.C5H8O2.Ir/c1-18-15-19(2)17-23(16-18)27-26-12-11-24(21(4)25(26)13-14-28-27)20(3)22-9-7-5-6-8-10-22;1-4(6)3-5(2)7;/h11-16,20,22H,5-10H2,1-4H3;3,6H,1-2H3;/q-1;;/b;4-3-;. The maximum Gasteiger partial charge on any atom is 0.155 e. The number of carbonyl (C=O) groups excluding carboxylic acids is 1. The molecule has 3 aromatic rings. The minimum atomic E-state index is -0.125. The van der Waals surface area contributed by atoms with Crippen molar-refractivity contribution in [3.8, 4) is 11.3 Å². The largest absolute Gasteiger partial charge is 0.512 e. The number of nitrogens with zero attached hydrogens (tertiary/aromatic N) is 1. The molecule has 1 saturated carbocycles. The normalized spacial score (nSPS) is 15.3. The molecule has 0 bridgehead atoms. The van der Waals surface area contributed by atoms with Gasteiger partial charge in [-0.3, -0.25) is 4.79 Å². The molecule has 1 radical (unpaired) electrons. The molecule has 2 aromatic carbocycles. The van der Waals surface area contributed by atoms with Crippen LogP contribution >= 0.6 is 0 Å². The predicted octanol–water partition coefficient (Wildman–Crippen LogP) is 8.74. The van der Waals surface area contributed by atoms with E-state index in [1.165, 1.54) is 91.5 Å². The molecular weight excluding hydrogens is 623 g/mol. The Bertz CT molecular complexity index is 1180. The number of hydrogen-bond acceptors (Lipinski definition) is 3. The van der Waals surface area contributed by atoms with Gasteiger partial charge in [-0.2, -0.15) is 0 Å². The summed E-state index contributed by atoms with van der Waals surface area (Å²) in [6, 6.07) is 14.8. The summed E-state index contributed by atoms with van der Waals surface area (Å²) in [5.74, 6) is 1.40. The van der Waals surface area contributed by atoms with Crippen LogP contribution in [0.2, 0.25) is 0 Å². The van der Waals surface area contributed by atoms with Crippen molar-refractivity contribution in [2.75, 3.05) is 0 Å².